The van der Waals surface area contributed by atoms with Gasteiger partial charge >= 0.3 is 0 Å². The summed E-state index contributed by atoms with van der Waals surface area (Å²) < 4.78 is 5.42. The van der Waals surface area contributed by atoms with E-state index < -0.39 is 0 Å². The number of carbonyl (C=O) groups excluding carboxylic acids is 1. The second-order valence-corrected chi connectivity index (χ2v) is 5.61. The number of nitrogens with zero attached hydrogens (tertiary/aromatic N) is 1. The minimum absolute atomic E-state index is 0.0791. The summed E-state index contributed by atoms with van der Waals surface area (Å²) in [6.45, 7) is 4.46. The van der Waals surface area contributed by atoms with Crippen molar-refractivity contribution in [3.05, 3.63) is 29.8 Å². The van der Waals surface area contributed by atoms with Crippen LogP contribution >= 0.6 is 0 Å². The van der Waals surface area contributed by atoms with Crippen molar-refractivity contribution in [3.8, 4) is 5.75 Å². The van der Waals surface area contributed by atoms with Gasteiger partial charge in [-0.2, -0.15) is 0 Å². The number of nitrogens with one attached hydrogen (secondary N) is 1. The van der Waals surface area contributed by atoms with E-state index in [1.807, 2.05) is 26.1 Å². The first-order chi connectivity index (χ1) is 10.2. The molecule has 0 radical (unpaired) electrons. The van der Waals surface area contributed by atoms with Gasteiger partial charge in [0.2, 0.25) is 5.91 Å². The van der Waals surface area contributed by atoms with Gasteiger partial charge in [-0.25, -0.2) is 0 Å². The molecule has 1 heterocycles. The van der Waals surface area contributed by atoms with Gasteiger partial charge in [-0.05, 0) is 63.9 Å². The van der Waals surface area contributed by atoms with Crippen LogP contribution in [0, 0.1) is 0 Å². The van der Waals surface area contributed by atoms with Crippen molar-refractivity contribution in [2.24, 2.45) is 0 Å². The van der Waals surface area contributed by atoms with Crippen LogP contribution < -0.4 is 10.1 Å². The van der Waals surface area contributed by atoms with E-state index in [0.717, 1.165) is 44.5 Å². The van der Waals surface area contributed by atoms with Crippen LogP contribution in [-0.2, 0) is 11.2 Å². The zero-order valence-electron chi connectivity index (χ0n) is 13.1. The van der Waals surface area contributed by atoms with Crippen molar-refractivity contribution < 1.29 is 9.53 Å². The van der Waals surface area contributed by atoms with Crippen LogP contribution in [0.1, 0.15) is 31.7 Å². The van der Waals surface area contributed by atoms with Crippen LogP contribution in [-0.4, -0.2) is 43.6 Å². The monoisotopic (exact) mass is 290 g/mol. The molecule has 21 heavy (non-hydrogen) atoms. The fourth-order valence-electron chi connectivity index (χ4n) is 2.78. The minimum atomic E-state index is 0.0791. The largest absolute Gasteiger partial charge is 0.494 e. The molecule has 1 aliphatic heterocycles. The van der Waals surface area contributed by atoms with E-state index in [2.05, 4.69) is 22.3 Å². The molecule has 1 aromatic rings. The van der Waals surface area contributed by atoms with Gasteiger partial charge in [-0.15, -0.1) is 0 Å². The van der Waals surface area contributed by atoms with Crippen molar-refractivity contribution >= 4 is 5.91 Å². The molecule has 1 fully saturated rings. The maximum atomic E-state index is 12.0. The lowest BCUT2D eigenvalue weighted by molar-refractivity contribution is -0.125. The Morgan fingerprint density at radius 3 is 2.76 bits per heavy atom. The summed E-state index contributed by atoms with van der Waals surface area (Å²) in [6.07, 6.45) is 4.06. The minimum Gasteiger partial charge on any atom is -0.494 e. The van der Waals surface area contributed by atoms with Crippen molar-refractivity contribution in [3.63, 3.8) is 0 Å². The number of carbonyl (C=O) groups is 1. The Morgan fingerprint density at radius 2 is 2.14 bits per heavy atom. The number of aryl methyl sites for hydroxylation is 1. The standard InChI is InChI=1S/C17H26N2O2/c1-3-21-15-10-8-14(9-11-15)6-4-12-18-17(20)16-7-5-13-19(16)2/h8-11,16H,3-7,12-13H2,1-2H3,(H,18,20)/t16-/m0/s1. The third-order valence-corrected chi connectivity index (χ3v) is 4.00. The van der Waals surface area contributed by atoms with Crippen molar-refractivity contribution in [1.82, 2.24) is 10.2 Å². The summed E-state index contributed by atoms with van der Waals surface area (Å²) in [5.74, 6) is 1.10. The normalized spacial score (nSPS) is 18.7. The van der Waals surface area contributed by atoms with Gasteiger partial charge in [0, 0.05) is 6.54 Å². The molecular formula is C17H26N2O2. The molecule has 0 spiro atoms. The fraction of sp³-hybridized carbons (Fsp3) is 0.588. The average molecular weight is 290 g/mol. The van der Waals surface area contributed by atoms with Crippen LogP contribution in [0.25, 0.3) is 0 Å². The lowest BCUT2D eigenvalue weighted by Crippen LogP contribution is -2.41. The second-order valence-electron chi connectivity index (χ2n) is 5.61. The Balaban J connectivity index is 1.66. The molecule has 4 nitrogen and oxygen atoms in total. The Kier molecular flexibility index (Phi) is 6.05. The molecule has 1 amide bonds. The smallest absolute Gasteiger partial charge is 0.237 e. The topological polar surface area (TPSA) is 41.6 Å². The van der Waals surface area contributed by atoms with Gasteiger partial charge in [0.1, 0.15) is 5.75 Å². The molecular weight excluding hydrogens is 264 g/mol. The van der Waals surface area contributed by atoms with Crippen LogP contribution in [0.3, 0.4) is 0 Å². The van der Waals surface area contributed by atoms with Gasteiger partial charge in [-0.3, -0.25) is 9.69 Å². The van der Waals surface area contributed by atoms with Gasteiger partial charge in [0.15, 0.2) is 0 Å². The highest BCUT2D eigenvalue weighted by atomic mass is 16.5. The summed E-state index contributed by atoms with van der Waals surface area (Å²) in [5.41, 5.74) is 1.28. The highest BCUT2D eigenvalue weighted by Gasteiger charge is 2.26. The molecule has 0 bridgehead atoms. The predicted octanol–water partition coefficient (Wildman–Crippen LogP) is 2.23. The molecule has 1 aromatic carbocycles. The Labute approximate surface area is 127 Å². The number of rotatable bonds is 7. The van der Waals surface area contributed by atoms with Crippen molar-refractivity contribution in [1.29, 1.82) is 0 Å². The van der Waals surface area contributed by atoms with E-state index in [1.54, 1.807) is 0 Å². The lowest BCUT2D eigenvalue weighted by atomic mass is 10.1. The Morgan fingerprint density at radius 1 is 1.38 bits per heavy atom. The fourth-order valence-corrected chi connectivity index (χ4v) is 2.78. The van der Waals surface area contributed by atoms with Gasteiger partial charge in [0.25, 0.3) is 0 Å². The van der Waals surface area contributed by atoms with Gasteiger partial charge in [0.05, 0.1) is 12.6 Å². The van der Waals surface area contributed by atoms with Crippen LogP contribution in [0.2, 0.25) is 0 Å². The maximum absolute atomic E-state index is 12.0. The predicted molar refractivity (Wildman–Crippen MR) is 84.6 cm³/mol. The molecule has 0 aromatic heterocycles. The van der Waals surface area contributed by atoms with E-state index >= 15 is 0 Å². The van der Waals surface area contributed by atoms with Gasteiger partial charge in [-0.1, -0.05) is 12.1 Å². The third kappa shape index (κ3) is 4.74. The summed E-state index contributed by atoms with van der Waals surface area (Å²) >= 11 is 0. The third-order valence-electron chi connectivity index (χ3n) is 4.00. The summed E-state index contributed by atoms with van der Waals surface area (Å²) in [5, 5.41) is 3.05. The zero-order chi connectivity index (χ0) is 15.1. The molecule has 2 rings (SSSR count). The summed E-state index contributed by atoms with van der Waals surface area (Å²) in [6, 6.07) is 8.28. The molecule has 4 heteroatoms. The number of benzene rings is 1. The van der Waals surface area contributed by atoms with E-state index in [4.69, 9.17) is 4.74 Å². The maximum Gasteiger partial charge on any atom is 0.237 e. The van der Waals surface area contributed by atoms with Gasteiger partial charge < -0.3 is 10.1 Å². The molecule has 1 saturated heterocycles. The molecule has 0 unspecified atom stereocenters. The van der Waals surface area contributed by atoms with Crippen LogP contribution in [0.4, 0.5) is 0 Å². The Bertz CT molecular complexity index is 445. The number of ether oxygens (including phenoxy) is 1. The molecule has 1 atom stereocenters. The number of hydrogen-bond donors (Lipinski definition) is 1. The lowest BCUT2D eigenvalue weighted by Gasteiger charge is -2.18. The Hall–Kier alpha value is -1.55. The molecule has 116 valence electrons. The number of likely N-dealkylation sites (tertiary alicyclic amines) is 1. The SMILES string of the molecule is CCOc1ccc(CCCNC(=O)[C@@H]2CCCN2C)cc1. The van der Waals surface area contributed by atoms with Crippen LogP contribution in [0.15, 0.2) is 24.3 Å². The molecule has 0 aliphatic carbocycles. The highest BCUT2D eigenvalue weighted by Crippen LogP contribution is 2.15. The average Bonchev–Trinajstić information content (AvgIpc) is 2.92. The van der Waals surface area contributed by atoms with Crippen molar-refractivity contribution in [2.75, 3.05) is 26.7 Å². The first-order valence-electron chi connectivity index (χ1n) is 7.90. The van der Waals surface area contributed by atoms with E-state index in [0.29, 0.717) is 6.61 Å². The van der Waals surface area contributed by atoms with E-state index in [9.17, 15) is 4.79 Å². The molecule has 1 aliphatic rings. The molecule has 0 saturated carbocycles. The van der Waals surface area contributed by atoms with E-state index in [-0.39, 0.29) is 11.9 Å². The van der Waals surface area contributed by atoms with E-state index in [1.165, 1.54) is 5.56 Å². The van der Waals surface area contributed by atoms with Crippen molar-refractivity contribution in [2.45, 2.75) is 38.6 Å². The summed E-state index contributed by atoms with van der Waals surface area (Å²) in [4.78, 5) is 14.2. The summed E-state index contributed by atoms with van der Waals surface area (Å²) in [7, 11) is 2.02. The second kappa shape index (κ2) is 8.03. The quantitative estimate of drug-likeness (QED) is 0.783. The highest BCUT2D eigenvalue weighted by molar-refractivity contribution is 5.81. The van der Waals surface area contributed by atoms with Crippen LogP contribution in [0.5, 0.6) is 5.75 Å². The number of amides is 1. The number of hydrogen-bond acceptors (Lipinski definition) is 3. The first kappa shape index (κ1) is 15.8. The first-order valence-corrected chi connectivity index (χ1v) is 7.90. The molecule has 1 N–H and O–H groups in total. The zero-order valence-corrected chi connectivity index (χ0v) is 13.1. The number of likely N-dealkylation sites (N-methyl/N-ethyl adjacent to an activating group) is 1.